The normalized spacial score (nSPS) is 19.5. The van der Waals surface area contributed by atoms with Gasteiger partial charge in [-0.1, -0.05) is 18.2 Å². The Labute approximate surface area is 168 Å². The summed E-state index contributed by atoms with van der Waals surface area (Å²) >= 11 is 6.49. The van der Waals surface area contributed by atoms with Crippen LogP contribution in [0.15, 0.2) is 37.3 Å². The van der Waals surface area contributed by atoms with Crippen molar-refractivity contribution in [2.45, 2.75) is 37.8 Å². The van der Waals surface area contributed by atoms with Crippen LogP contribution in [-0.2, 0) is 11.8 Å². The molecule has 8 heteroatoms. The van der Waals surface area contributed by atoms with Gasteiger partial charge in [0.15, 0.2) is 0 Å². The van der Waals surface area contributed by atoms with E-state index in [9.17, 15) is 4.79 Å². The number of aryl methyl sites for hydroxylation is 1. The predicted octanol–water partition coefficient (Wildman–Crippen LogP) is 3.64. The van der Waals surface area contributed by atoms with E-state index in [0.29, 0.717) is 5.02 Å². The number of hydrogen-bond acceptors (Lipinski definition) is 4. The minimum absolute atomic E-state index is 0.123. The summed E-state index contributed by atoms with van der Waals surface area (Å²) in [7, 11) is 1.89. The number of pyridine rings is 1. The van der Waals surface area contributed by atoms with Crippen LogP contribution in [0.25, 0.3) is 22.3 Å². The molecule has 28 heavy (non-hydrogen) atoms. The summed E-state index contributed by atoms with van der Waals surface area (Å²) in [6, 6.07) is 2.42. The van der Waals surface area contributed by atoms with Crippen molar-refractivity contribution in [2.24, 2.45) is 7.05 Å². The summed E-state index contributed by atoms with van der Waals surface area (Å²) < 4.78 is 1.76. The number of nitrogens with one attached hydrogen (secondary N) is 3. The molecule has 4 rings (SSSR count). The van der Waals surface area contributed by atoms with Gasteiger partial charge in [0.05, 0.1) is 28.8 Å². The molecule has 3 N–H and O–H groups in total. The Kier molecular flexibility index (Phi) is 5.09. The van der Waals surface area contributed by atoms with E-state index in [1.807, 2.05) is 25.5 Å². The molecule has 0 spiro atoms. The highest BCUT2D eigenvalue weighted by atomic mass is 35.5. The van der Waals surface area contributed by atoms with Gasteiger partial charge in [0.2, 0.25) is 5.91 Å². The van der Waals surface area contributed by atoms with Gasteiger partial charge >= 0.3 is 0 Å². The smallest absolute Gasteiger partial charge is 0.243 e. The molecule has 0 radical (unpaired) electrons. The lowest BCUT2D eigenvalue weighted by Crippen LogP contribution is -2.41. The van der Waals surface area contributed by atoms with E-state index in [2.05, 4.69) is 32.3 Å². The van der Waals surface area contributed by atoms with E-state index >= 15 is 0 Å². The topological polar surface area (TPSA) is 87.6 Å². The molecule has 3 aromatic rings. The SMILES string of the molecule is C=CC(=O)N[C@@H]1CCC[C@H](Nc2c(Cl)cnc3[nH]c(-c4cnn(C)c4)cc23)C1. The fourth-order valence-corrected chi connectivity index (χ4v) is 4.03. The molecular weight excluding hydrogens is 376 g/mol. The lowest BCUT2D eigenvalue weighted by molar-refractivity contribution is -0.117. The first-order chi connectivity index (χ1) is 13.5. The molecule has 3 heterocycles. The van der Waals surface area contributed by atoms with Crippen molar-refractivity contribution in [2.75, 3.05) is 5.32 Å². The molecule has 1 saturated carbocycles. The van der Waals surface area contributed by atoms with Crippen LogP contribution in [0.2, 0.25) is 5.02 Å². The molecule has 1 fully saturated rings. The predicted molar refractivity (Wildman–Crippen MR) is 111 cm³/mol. The van der Waals surface area contributed by atoms with Crippen molar-refractivity contribution in [3.8, 4) is 11.3 Å². The maximum atomic E-state index is 11.6. The average molecular weight is 399 g/mol. The molecule has 146 valence electrons. The van der Waals surface area contributed by atoms with Crippen LogP contribution >= 0.6 is 11.6 Å². The number of aromatic amines is 1. The van der Waals surface area contributed by atoms with E-state index in [4.69, 9.17) is 11.6 Å². The monoisotopic (exact) mass is 398 g/mol. The van der Waals surface area contributed by atoms with Crippen molar-refractivity contribution in [3.05, 3.63) is 42.3 Å². The Hall–Kier alpha value is -2.80. The van der Waals surface area contributed by atoms with Gasteiger partial charge < -0.3 is 15.6 Å². The first kappa shape index (κ1) is 18.6. The Morgan fingerprint density at radius 2 is 2.21 bits per heavy atom. The van der Waals surface area contributed by atoms with Crippen LogP contribution in [-0.4, -0.2) is 37.7 Å². The highest BCUT2D eigenvalue weighted by Crippen LogP contribution is 2.35. The van der Waals surface area contributed by atoms with Crippen LogP contribution in [0.3, 0.4) is 0 Å². The molecule has 1 aliphatic rings. The fourth-order valence-electron chi connectivity index (χ4n) is 3.83. The van der Waals surface area contributed by atoms with Gasteiger partial charge in [-0.15, -0.1) is 0 Å². The van der Waals surface area contributed by atoms with Crippen molar-refractivity contribution in [1.29, 1.82) is 0 Å². The second-order valence-electron chi connectivity index (χ2n) is 7.25. The van der Waals surface area contributed by atoms with E-state index in [-0.39, 0.29) is 18.0 Å². The van der Waals surface area contributed by atoms with Crippen molar-refractivity contribution in [3.63, 3.8) is 0 Å². The van der Waals surface area contributed by atoms with E-state index in [1.165, 1.54) is 6.08 Å². The van der Waals surface area contributed by atoms with Gasteiger partial charge in [0.25, 0.3) is 0 Å². The van der Waals surface area contributed by atoms with Crippen LogP contribution in [0, 0.1) is 0 Å². The molecule has 0 unspecified atom stereocenters. The molecule has 0 bridgehead atoms. The average Bonchev–Trinajstić information content (AvgIpc) is 3.30. The maximum Gasteiger partial charge on any atom is 0.243 e. The highest BCUT2D eigenvalue weighted by Gasteiger charge is 2.24. The molecule has 0 aromatic carbocycles. The summed E-state index contributed by atoms with van der Waals surface area (Å²) in [5.41, 5.74) is 3.59. The first-order valence-corrected chi connectivity index (χ1v) is 9.77. The van der Waals surface area contributed by atoms with Gasteiger partial charge in [-0.05, 0) is 37.8 Å². The van der Waals surface area contributed by atoms with Crippen LogP contribution in [0.4, 0.5) is 5.69 Å². The van der Waals surface area contributed by atoms with Crippen molar-refractivity contribution < 1.29 is 4.79 Å². The zero-order valence-electron chi connectivity index (χ0n) is 15.7. The third kappa shape index (κ3) is 3.75. The molecule has 1 amide bonds. The van der Waals surface area contributed by atoms with Crippen LogP contribution in [0.1, 0.15) is 25.7 Å². The Morgan fingerprint density at radius 1 is 1.39 bits per heavy atom. The Bertz CT molecular complexity index is 1020. The number of H-pyrrole nitrogens is 1. The van der Waals surface area contributed by atoms with Gasteiger partial charge in [-0.2, -0.15) is 5.10 Å². The standard InChI is InChI=1S/C20H23ClN6O/c1-3-18(28)24-13-5-4-6-14(7-13)25-19-15-8-17(12-9-23-27(2)11-12)26-20(15)22-10-16(19)21/h3,8-11,13-14H,1,4-7H2,2H3,(H,24,28)(H2,22,25,26)/t13-,14+/m1/s1. The molecule has 3 aromatic heterocycles. The summed E-state index contributed by atoms with van der Waals surface area (Å²) in [5.74, 6) is -0.123. The quantitative estimate of drug-likeness (QED) is 0.572. The van der Waals surface area contributed by atoms with Gasteiger partial charge in [0, 0.05) is 36.3 Å². The second kappa shape index (κ2) is 7.67. The molecule has 0 saturated heterocycles. The van der Waals surface area contributed by atoms with Crippen molar-refractivity contribution >= 4 is 34.2 Å². The third-order valence-corrected chi connectivity index (χ3v) is 5.47. The number of carbonyl (C=O) groups excluding carboxylic acids is 1. The summed E-state index contributed by atoms with van der Waals surface area (Å²) in [5, 5.41) is 12.4. The minimum atomic E-state index is -0.123. The van der Waals surface area contributed by atoms with Crippen molar-refractivity contribution in [1.82, 2.24) is 25.1 Å². The number of aromatic nitrogens is 4. The van der Waals surface area contributed by atoms with E-state index < -0.39 is 0 Å². The van der Waals surface area contributed by atoms with Gasteiger partial charge in [0.1, 0.15) is 5.65 Å². The summed E-state index contributed by atoms with van der Waals surface area (Å²) in [6.45, 7) is 3.53. The fraction of sp³-hybridized carbons (Fsp3) is 0.350. The highest BCUT2D eigenvalue weighted by molar-refractivity contribution is 6.34. The second-order valence-corrected chi connectivity index (χ2v) is 7.65. The molecule has 0 aliphatic heterocycles. The number of carbonyl (C=O) groups is 1. The largest absolute Gasteiger partial charge is 0.380 e. The summed E-state index contributed by atoms with van der Waals surface area (Å²) in [6.07, 6.45) is 10.6. The number of anilines is 1. The summed E-state index contributed by atoms with van der Waals surface area (Å²) in [4.78, 5) is 19.4. The lowest BCUT2D eigenvalue weighted by Gasteiger charge is -2.31. The molecule has 1 aliphatic carbocycles. The minimum Gasteiger partial charge on any atom is -0.380 e. The zero-order valence-corrected chi connectivity index (χ0v) is 16.5. The molecular formula is C20H23ClN6O. The maximum absolute atomic E-state index is 11.6. The third-order valence-electron chi connectivity index (χ3n) is 5.18. The van der Waals surface area contributed by atoms with Gasteiger partial charge in [-0.3, -0.25) is 9.48 Å². The number of halogens is 1. The van der Waals surface area contributed by atoms with Crippen LogP contribution < -0.4 is 10.6 Å². The zero-order chi connectivity index (χ0) is 19.7. The number of amides is 1. The number of rotatable bonds is 5. The Morgan fingerprint density at radius 3 is 2.96 bits per heavy atom. The number of hydrogen-bond donors (Lipinski definition) is 3. The van der Waals surface area contributed by atoms with Gasteiger partial charge in [-0.25, -0.2) is 4.98 Å². The number of nitrogens with zero attached hydrogens (tertiary/aromatic N) is 3. The number of fused-ring (bicyclic) bond motifs is 1. The Balaban J connectivity index is 1.59. The lowest BCUT2D eigenvalue weighted by atomic mass is 9.90. The molecule has 7 nitrogen and oxygen atoms in total. The first-order valence-electron chi connectivity index (χ1n) is 9.39. The van der Waals surface area contributed by atoms with Crippen LogP contribution in [0.5, 0.6) is 0 Å². The van der Waals surface area contributed by atoms with E-state index in [1.54, 1.807) is 10.9 Å². The molecule has 2 atom stereocenters. The van der Waals surface area contributed by atoms with E-state index in [0.717, 1.165) is 53.7 Å².